The Morgan fingerprint density at radius 3 is 2.30 bits per heavy atom. The average molecular weight is 375 g/mol. The summed E-state index contributed by atoms with van der Waals surface area (Å²) in [5.74, 6) is 1.39. The maximum atomic E-state index is 12.3. The van der Waals surface area contributed by atoms with Gasteiger partial charge in [0.15, 0.2) is 0 Å². The van der Waals surface area contributed by atoms with Gasteiger partial charge in [-0.3, -0.25) is 4.79 Å². The maximum absolute atomic E-state index is 12.3. The van der Waals surface area contributed by atoms with Gasteiger partial charge in [-0.25, -0.2) is 0 Å². The van der Waals surface area contributed by atoms with Gasteiger partial charge in [0, 0.05) is 6.54 Å². The highest BCUT2D eigenvalue weighted by molar-refractivity contribution is 5.97. The largest absolute Gasteiger partial charge is 0.497 e. The number of amides is 1. The van der Waals surface area contributed by atoms with Gasteiger partial charge >= 0.3 is 0 Å². The highest BCUT2D eigenvalue weighted by Crippen LogP contribution is 2.23. The minimum absolute atomic E-state index is 0.0574. The fourth-order valence-electron chi connectivity index (χ4n) is 2.39. The highest BCUT2D eigenvalue weighted by atomic mass is 16.5. The molecule has 7 nitrogen and oxygen atoms in total. The third kappa shape index (κ3) is 6.16. The van der Waals surface area contributed by atoms with Crippen LogP contribution in [0, 0.1) is 0 Å². The van der Waals surface area contributed by atoms with Crippen LogP contribution >= 0.6 is 0 Å². The number of hydrogen-bond acceptors (Lipinski definition) is 6. The number of rotatable bonds is 10. The molecule has 2 rings (SSSR count). The molecule has 146 valence electrons. The molecule has 2 aromatic rings. The van der Waals surface area contributed by atoms with Crippen molar-refractivity contribution in [1.82, 2.24) is 5.32 Å². The van der Waals surface area contributed by atoms with E-state index in [9.17, 15) is 9.90 Å². The number of nitrogens with one attached hydrogen (secondary N) is 1. The van der Waals surface area contributed by atoms with E-state index in [1.54, 1.807) is 25.3 Å². The fourth-order valence-corrected chi connectivity index (χ4v) is 2.39. The summed E-state index contributed by atoms with van der Waals surface area (Å²) in [6, 6.07) is 12.4. The summed E-state index contributed by atoms with van der Waals surface area (Å²) in [5.41, 5.74) is 1.30. The number of aliphatic hydroxyl groups excluding tert-OH is 1. The molecule has 2 aromatic carbocycles. The van der Waals surface area contributed by atoms with Crippen molar-refractivity contribution in [3.63, 3.8) is 0 Å². The van der Waals surface area contributed by atoms with E-state index in [-0.39, 0.29) is 19.1 Å². The third-order valence-electron chi connectivity index (χ3n) is 3.89. The van der Waals surface area contributed by atoms with E-state index in [4.69, 9.17) is 18.9 Å². The van der Waals surface area contributed by atoms with Crippen LogP contribution in [0.1, 0.15) is 15.9 Å². The van der Waals surface area contributed by atoms with Gasteiger partial charge in [-0.05, 0) is 35.9 Å². The van der Waals surface area contributed by atoms with E-state index >= 15 is 0 Å². The van der Waals surface area contributed by atoms with Crippen LogP contribution in [-0.2, 0) is 11.3 Å². The van der Waals surface area contributed by atoms with Crippen molar-refractivity contribution >= 4 is 5.91 Å². The molecule has 0 saturated carbocycles. The first-order valence-corrected chi connectivity index (χ1v) is 8.46. The summed E-state index contributed by atoms with van der Waals surface area (Å²) >= 11 is 0. The Kier molecular flexibility index (Phi) is 7.91. The van der Waals surface area contributed by atoms with Crippen molar-refractivity contribution < 1.29 is 28.8 Å². The lowest BCUT2D eigenvalue weighted by atomic mass is 10.1. The fraction of sp³-hybridized carbons (Fsp3) is 0.350. The van der Waals surface area contributed by atoms with Crippen molar-refractivity contribution in [2.75, 3.05) is 34.5 Å². The van der Waals surface area contributed by atoms with E-state index in [1.165, 1.54) is 14.2 Å². The Balaban J connectivity index is 1.79. The van der Waals surface area contributed by atoms with E-state index < -0.39 is 6.10 Å². The molecule has 0 aromatic heterocycles. The van der Waals surface area contributed by atoms with Crippen LogP contribution in [0.5, 0.6) is 17.2 Å². The van der Waals surface area contributed by atoms with Crippen LogP contribution < -0.4 is 19.5 Å². The lowest BCUT2D eigenvalue weighted by molar-refractivity contribution is 0.0285. The van der Waals surface area contributed by atoms with Crippen LogP contribution in [0.2, 0.25) is 0 Å². The summed E-state index contributed by atoms with van der Waals surface area (Å²) in [5, 5.41) is 12.7. The van der Waals surface area contributed by atoms with Crippen LogP contribution in [-0.4, -0.2) is 51.6 Å². The van der Waals surface area contributed by atoms with Crippen LogP contribution in [0.4, 0.5) is 0 Å². The molecule has 0 bridgehead atoms. The van der Waals surface area contributed by atoms with Crippen molar-refractivity contribution in [3.8, 4) is 17.2 Å². The predicted molar refractivity (Wildman–Crippen MR) is 101 cm³/mol. The number of methoxy groups -OCH3 is 3. The first kappa shape index (κ1) is 20.5. The second-order valence-electron chi connectivity index (χ2n) is 5.79. The topological polar surface area (TPSA) is 86.2 Å². The third-order valence-corrected chi connectivity index (χ3v) is 3.89. The van der Waals surface area contributed by atoms with Gasteiger partial charge in [-0.2, -0.15) is 0 Å². The molecule has 27 heavy (non-hydrogen) atoms. The number of hydrogen-bond donors (Lipinski definition) is 2. The van der Waals surface area contributed by atoms with Gasteiger partial charge < -0.3 is 29.4 Å². The second-order valence-corrected chi connectivity index (χ2v) is 5.79. The molecule has 2 N–H and O–H groups in total. The van der Waals surface area contributed by atoms with Crippen LogP contribution in [0.3, 0.4) is 0 Å². The predicted octanol–water partition coefficient (Wildman–Crippen LogP) is 2.02. The maximum Gasteiger partial charge on any atom is 0.255 e. The molecule has 1 amide bonds. The average Bonchev–Trinajstić information content (AvgIpc) is 2.72. The van der Waals surface area contributed by atoms with Gasteiger partial charge in [0.25, 0.3) is 5.91 Å². The number of carbonyl (C=O) groups is 1. The van der Waals surface area contributed by atoms with Crippen molar-refractivity contribution in [1.29, 1.82) is 0 Å². The normalized spacial score (nSPS) is 11.6. The Morgan fingerprint density at radius 2 is 1.67 bits per heavy atom. The monoisotopic (exact) mass is 375 g/mol. The van der Waals surface area contributed by atoms with Crippen molar-refractivity contribution in [3.05, 3.63) is 53.6 Å². The van der Waals surface area contributed by atoms with Crippen LogP contribution in [0.25, 0.3) is 0 Å². The Hall–Kier alpha value is -2.77. The minimum Gasteiger partial charge on any atom is -0.497 e. The molecule has 0 radical (unpaired) electrons. The zero-order valence-corrected chi connectivity index (χ0v) is 15.7. The van der Waals surface area contributed by atoms with Gasteiger partial charge in [-0.1, -0.05) is 12.1 Å². The summed E-state index contributed by atoms with van der Waals surface area (Å²) in [6.07, 6.45) is -0.830. The SMILES string of the molecule is COc1ccc(COC[C@H](O)CNC(=O)c2cc(OC)ccc2OC)cc1. The molecule has 0 heterocycles. The lowest BCUT2D eigenvalue weighted by Crippen LogP contribution is -2.34. The molecule has 0 saturated heterocycles. The smallest absolute Gasteiger partial charge is 0.255 e. The first-order valence-electron chi connectivity index (χ1n) is 8.46. The molecule has 1 atom stereocenters. The summed E-state index contributed by atoms with van der Waals surface area (Å²) in [7, 11) is 4.62. The van der Waals surface area contributed by atoms with Crippen molar-refractivity contribution in [2.24, 2.45) is 0 Å². The molecule has 0 aliphatic carbocycles. The number of carbonyl (C=O) groups excluding carboxylic acids is 1. The van der Waals surface area contributed by atoms with E-state index in [1.807, 2.05) is 24.3 Å². The first-order chi connectivity index (χ1) is 13.1. The quantitative estimate of drug-likeness (QED) is 0.661. The van der Waals surface area contributed by atoms with E-state index in [0.29, 0.717) is 23.7 Å². The molecule has 0 spiro atoms. The lowest BCUT2D eigenvalue weighted by Gasteiger charge is -2.14. The van der Waals surface area contributed by atoms with Crippen LogP contribution in [0.15, 0.2) is 42.5 Å². The van der Waals surface area contributed by atoms with E-state index in [2.05, 4.69) is 5.32 Å². The Bertz CT molecular complexity index is 732. The van der Waals surface area contributed by atoms with Gasteiger partial charge in [0.05, 0.1) is 46.2 Å². The number of ether oxygens (including phenoxy) is 4. The number of aliphatic hydroxyl groups is 1. The summed E-state index contributed by atoms with van der Waals surface area (Å²) < 4.78 is 20.9. The molecular weight excluding hydrogens is 350 g/mol. The van der Waals surface area contributed by atoms with Gasteiger partial charge in [0.1, 0.15) is 17.2 Å². The molecular formula is C20H25NO6. The summed E-state index contributed by atoms with van der Waals surface area (Å²) in [4.78, 5) is 12.3. The van der Waals surface area contributed by atoms with E-state index in [0.717, 1.165) is 11.3 Å². The molecule has 0 aliphatic rings. The Morgan fingerprint density at radius 1 is 1.00 bits per heavy atom. The van der Waals surface area contributed by atoms with Gasteiger partial charge in [0.2, 0.25) is 0 Å². The zero-order valence-electron chi connectivity index (χ0n) is 15.7. The second kappa shape index (κ2) is 10.4. The summed E-state index contributed by atoms with van der Waals surface area (Å²) in [6.45, 7) is 0.516. The zero-order chi connectivity index (χ0) is 19.6. The molecule has 0 unspecified atom stereocenters. The Labute approximate surface area is 158 Å². The molecule has 0 aliphatic heterocycles. The molecule has 7 heteroatoms. The minimum atomic E-state index is -0.830. The van der Waals surface area contributed by atoms with Crippen molar-refractivity contribution in [2.45, 2.75) is 12.7 Å². The standard InChI is InChI=1S/C20H25NO6/c1-24-16-6-4-14(5-7-16)12-27-13-15(22)11-21-20(23)18-10-17(25-2)8-9-19(18)26-3/h4-10,15,22H,11-13H2,1-3H3,(H,21,23)/t15-/m1/s1. The number of benzene rings is 2. The molecule has 0 fully saturated rings. The van der Waals surface area contributed by atoms with Gasteiger partial charge in [-0.15, -0.1) is 0 Å². The highest BCUT2D eigenvalue weighted by Gasteiger charge is 2.15.